The molecule has 1 saturated heterocycles. The Morgan fingerprint density at radius 3 is 2.39 bits per heavy atom. The van der Waals surface area contributed by atoms with Crippen molar-refractivity contribution in [1.82, 2.24) is 4.90 Å². The first-order valence-electron chi connectivity index (χ1n) is 12.3. The van der Waals surface area contributed by atoms with Crippen molar-refractivity contribution in [2.75, 3.05) is 13.6 Å². The summed E-state index contributed by atoms with van der Waals surface area (Å²) in [6, 6.07) is 14.5. The van der Waals surface area contributed by atoms with E-state index in [1.165, 1.54) is 49.8 Å². The number of likely N-dealkylation sites (tertiary alicyclic amines) is 1. The van der Waals surface area contributed by atoms with E-state index >= 15 is 0 Å². The summed E-state index contributed by atoms with van der Waals surface area (Å²) in [6.45, 7) is 1.20. The van der Waals surface area contributed by atoms with Gasteiger partial charge < -0.3 is 35.2 Å². The van der Waals surface area contributed by atoms with Crippen LogP contribution < -0.4 is 4.74 Å². The smallest absolute Gasteiger partial charge is 0.335 e. The first kappa shape index (κ1) is 25.9. The molecule has 5 N–H and O–H groups in total. The molecule has 1 aliphatic heterocycles. The molecule has 194 valence electrons. The molecule has 9 heteroatoms. The lowest BCUT2D eigenvalue weighted by Crippen LogP contribution is -2.59. The average Bonchev–Trinajstić information content (AvgIpc) is 2.87. The van der Waals surface area contributed by atoms with Crippen LogP contribution >= 0.6 is 0 Å². The third-order valence-electron chi connectivity index (χ3n) is 7.98. The van der Waals surface area contributed by atoms with Gasteiger partial charge in [-0.3, -0.25) is 0 Å². The molecule has 5 atom stereocenters. The van der Waals surface area contributed by atoms with E-state index < -0.39 is 24.1 Å². The first-order chi connectivity index (χ1) is 17.1. The zero-order chi connectivity index (χ0) is 26.0. The summed E-state index contributed by atoms with van der Waals surface area (Å²) in [5.41, 5.74) is 3.37. The highest BCUT2D eigenvalue weighted by Crippen LogP contribution is 2.56. The Hall–Kier alpha value is -3.14. The molecule has 2 unspecified atom stereocenters. The minimum absolute atomic E-state index is 0.193. The zero-order valence-electron chi connectivity index (χ0n) is 20.2. The molecular formula is C27H33NO8. The predicted octanol–water partition coefficient (Wildman–Crippen LogP) is 2.75. The third kappa shape index (κ3) is 4.91. The topological polar surface area (TPSA) is 148 Å². The number of ether oxygens (including phenoxy) is 1. The van der Waals surface area contributed by atoms with Gasteiger partial charge in [0.2, 0.25) is 0 Å². The summed E-state index contributed by atoms with van der Waals surface area (Å²) >= 11 is 0. The van der Waals surface area contributed by atoms with Crippen LogP contribution in [0.3, 0.4) is 0 Å². The quantitative estimate of drug-likeness (QED) is 0.419. The highest BCUT2D eigenvalue weighted by Gasteiger charge is 2.53. The fourth-order valence-electron chi connectivity index (χ4n) is 6.18. The Morgan fingerprint density at radius 2 is 1.72 bits per heavy atom. The van der Waals surface area contributed by atoms with Crippen molar-refractivity contribution < 1.29 is 39.9 Å². The number of aromatic hydroxyl groups is 1. The van der Waals surface area contributed by atoms with Crippen LogP contribution in [0.5, 0.6) is 17.2 Å². The monoisotopic (exact) mass is 499 g/mol. The van der Waals surface area contributed by atoms with Gasteiger partial charge in [0, 0.05) is 11.5 Å². The minimum Gasteiger partial charge on any atom is -0.504 e. The molecule has 0 amide bonds. The number of benzene rings is 2. The van der Waals surface area contributed by atoms with Crippen LogP contribution in [0.15, 0.2) is 42.5 Å². The maximum absolute atomic E-state index is 10.0. The first-order valence-corrected chi connectivity index (χ1v) is 12.3. The lowest BCUT2D eigenvalue weighted by atomic mass is 9.52. The predicted molar refractivity (Wildman–Crippen MR) is 130 cm³/mol. The molecule has 0 radical (unpaired) electrons. The number of para-hydroxylation sites is 2. The van der Waals surface area contributed by atoms with Crippen LogP contribution in [0.2, 0.25) is 0 Å². The van der Waals surface area contributed by atoms with Gasteiger partial charge in [-0.2, -0.15) is 0 Å². The summed E-state index contributed by atoms with van der Waals surface area (Å²) in [5, 5.41) is 42.6. The molecule has 2 aliphatic carbocycles. The molecule has 1 heterocycles. The van der Waals surface area contributed by atoms with Gasteiger partial charge in [-0.15, -0.1) is 0 Å². The number of aliphatic hydroxyl groups excluding tert-OH is 2. The number of fused-ring (bicyclic) bond motifs is 1. The number of piperidine rings is 1. The summed E-state index contributed by atoms with van der Waals surface area (Å²) in [7, 11) is 2.31. The van der Waals surface area contributed by atoms with E-state index in [1.807, 2.05) is 18.2 Å². The Bertz CT molecular complexity index is 1100. The van der Waals surface area contributed by atoms with Crippen LogP contribution in [-0.2, 0) is 21.4 Å². The minimum atomic E-state index is -2.27. The maximum Gasteiger partial charge on any atom is 0.335 e. The lowest BCUT2D eigenvalue weighted by Gasteiger charge is -2.58. The zero-order valence-corrected chi connectivity index (χ0v) is 20.2. The molecule has 36 heavy (non-hydrogen) atoms. The summed E-state index contributed by atoms with van der Waals surface area (Å²) in [4.78, 5) is 22.1. The number of carboxylic acid groups (broad SMARTS) is 2. The molecule has 0 spiro atoms. The van der Waals surface area contributed by atoms with E-state index in [4.69, 9.17) is 25.2 Å². The SMILES string of the molecule is CN1CC[C@]23CCCC[C@H]2[C@H]1Cc1ccc(Oc2ccccc2O)cc13.O=C(O)C(O)C(O)C(=O)O. The molecule has 2 aromatic carbocycles. The summed E-state index contributed by atoms with van der Waals surface area (Å²) < 4.78 is 6.05. The second-order valence-electron chi connectivity index (χ2n) is 9.97. The van der Waals surface area contributed by atoms with Crippen molar-refractivity contribution in [2.24, 2.45) is 5.92 Å². The number of carboxylic acids is 2. The van der Waals surface area contributed by atoms with E-state index in [0.717, 1.165) is 18.1 Å². The number of carbonyl (C=O) groups is 2. The van der Waals surface area contributed by atoms with Crippen molar-refractivity contribution >= 4 is 11.9 Å². The highest BCUT2D eigenvalue weighted by atomic mass is 16.5. The van der Waals surface area contributed by atoms with Gasteiger partial charge in [-0.05, 0) is 80.6 Å². The third-order valence-corrected chi connectivity index (χ3v) is 7.98. The summed E-state index contributed by atoms with van der Waals surface area (Å²) in [5.74, 6) is -1.19. The van der Waals surface area contributed by atoms with Crippen molar-refractivity contribution in [3.63, 3.8) is 0 Å². The van der Waals surface area contributed by atoms with E-state index in [0.29, 0.717) is 17.2 Å². The number of hydrogen-bond donors (Lipinski definition) is 5. The number of rotatable bonds is 5. The average molecular weight is 500 g/mol. The van der Waals surface area contributed by atoms with E-state index in [-0.39, 0.29) is 5.75 Å². The molecule has 2 fully saturated rings. The molecule has 9 nitrogen and oxygen atoms in total. The fraction of sp³-hybridized carbons (Fsp3) is 0.481. The number of hydrogen-bond acceptors (Lipinski definition) is 7. The normalized spacial score (nSPS) is 26.3. The van der Waals surface area contributed by atoms with Gasteiger partial charge in [0.05, 0.1) is 0 Å². The van der Waals surface area contributed by atoms with Crippen LogP contribution in [0.1, 0.15) is 43.2 Å². The van der Waals surface area contributed by atoms with Crippen LogP contribution in [0.25, 0.3) is 0 Å². The van der Waals surface area contributed by atoms with Gasteiger partial charge >= 0.3 is 11.9 Å². The largest absolute Gasteiger partial charge is 0.504 e. The van der Waals surface area contributed by atoms with E-state index in [2.05, 4.69) is 30.1 Å². The molecule has 1 saturated carbocycles. The van der Waals surface area contributed by atoms with Crippen molar-refractivity contribution in [3.8, 4) is 17.2 Å². The van der Waals surface area contributed by atoms with E-state index in [9.17, 15) is 14.7 Å². The summed E-state index contributed by atoms with van der Waals surface area (Å²) in [6.07, 6.45) is 3.29. The molecule has 5 rings (SSSR count). The highest BCUT2D eigenvalue weighted by molar-refractivity contribution is 5.83. The molecule has 3 aliphatic rings. The lowest BCUT2D eigenvalue weighted by molar-refractivity contribution is -0.165. The molecular weight excluding hydrogens is 466 g/mol. The fourth-order valence-corrected chi connectivity index (χ4v) is 6.18. The number of nitrogens with zero attached hydrogens (tertiary/aromatic N) is 1. The standard InChI is InChI=1S/C23H27NO2.C4H6O6/c1-24-13-12-23-11-5-4-6-18(23)20(24)14-16-9-10-17(15-19(16)23)26-22-8-3-2-7-21(22)25;5-1(3(7)8)2(6)4(9)10/h2-3,7-10,15,18,20,25H,4-6,11-14H2,1H3;1-2,5-6H,(H,7,8)(H,9,10)/t18-,20+,23+;/m0./s1. The number of aliphatic hydroxyl groups is 2. The van der Waals surface area contributed by atoms with Crippen LogP contribution in [0, 0.1) is 5.92 Å². The molecule has 2 bridgehead atoms. The van der Waals surface area contributed by atoms with E-state index in [1.54, 1.807) is 6.07 Å². The molecule has 0 aromatic heterocycles. The molecule has 2 aromatic rings. The maximum atomic E-state index is 10.0. The second-order valence-corrected chi connectivity index (χ2v) is 9.97. The number of likely N-dealkylation sites (N-methyl/N-ethyl adjacent to an activating group) is 1. The van der Waals surface area contributed by atoms with Gasteiger partial charge in [-0.1, -0.05) is 31.0 Å². The van der Waals surface area contributed by atoms with Gasteiger partial charge in [0.15, 0.2) is 23.7 Å². The van der Waals surface area contributed by atoms with Crippen molar-refractivity contribution in [2.45, 2.75) is 62.2 Å². The second kappa shape index (κ2) is 10.5. The number of phenols is 1. The Balaban J connectivity index is 0.000000261. The van der Waals surface area contributed by atoms with Gasteiger partial charge in [0.1, 0.15) is 5.75 Å². The van der Waals surface area contributed by atoms with Gasteiger partial charge in [-0.25, -0.2) is 9.59 Å². The van der Waals surface area contributed by atoms with Crippen LogP contribution in [-0.4, -0.2) is 74.2 Å². The van der Waals surface area contributed by atoms with Gasteiger partial charge in [0.25, 0.3) is 0 Å². The Kier molecular flexibility index (Phi) is 7.54. The van der Waals surface area contributed by atoms with Crippen LogP contribution in [0.4, 0.5) is 0 Å². The Morgan fingerprint density at radius 1 is 1.03 bits per heavy atom. The number of phenolic OH excluding ortho intramolecular Hbond substituents is 1. The van der Waals surface area contributed by atoms with Crippen molar-refractivity contribution in [3.05, 3.63) is 53.6 Å². The Labute approximate surface area is 209 Å². The van der Waals surface area contributed by atoms with Crippen molar-refractivity contribution in [1.29, 1.82) is 0 Å². The number of aliphatic carboxylic acids is 2.